The molecule has 0 aromatic carbocycles. The quantitative estimate of drug-likeness (QED) is 0.814. The lowest BCUT2D eigenvalue weighted by Crippen LogP contribution is -2.11. The van der Waals surface area contributed by atoms with Crippen molar-refractivity contribution in [3.63, 3.8) is 0 Å². The molecule has 2 rings (SSSR count). The van der Waals surface area contributed by atoms with Crippen LogP contribution in [0.4, 0.5) is 0 Å². The van der Waals surface area contributed by atoms with Crippen molar-refractivity contribution in [2.45, 2.75) is 20.4 Å². The maximum Gasteiger partial charge on any atom is 0.225 e. The first-order valence-corrected chi connectivity index (χ1v) is 6.26. The van der Waals surface area contributed by atoms with E-state index in [0.29, 0.717) is 27.3 Å². The maximum atomic E-state index is 12.2. The summed E-state index contributed by atoms with van der Waals surface area (Å²) in [6.07, 6.45) is 1.63. The van der Waals surface area contributed by atoms with Gasteiger partial charge in [-0.2, -0.15) is 5.10 Å². The minimum absolute atomic E-state index is 0.0845. The first-order valence-electron chi connectivity index (χ1n) is 4.70. The molecule has 0 aliphatic rings. The van der Waals surface area contributed by atoms with Gasteiger partial charge in [-0.3, -0.25) is 9.48 Å². The van der Waals surface area contributed by atoms with Crippen molar-refractivity contribution >= 4 is 33.2 Å². The van der Waals surface area contributed by atoms with Crippen molar-refractivity contribution in [2.75, 3.05) is 0 Å². The Kier molecular flexibility index (Phi) is 3.15. The van der Waals surface area contributed by atoms with Gasteiger partial charge >= 0.3 is 0 Å². The van der Waals surface area contributed by atoms with Crippen LogP contribution in [0.25, 0.3) is 0 Å². The SMILES string of the molecule is CCn1ncc(Br)c1C(=O)c1snnc1C. The highest BCUT2D eigenvalue weighted by Gasteiger charge is 2.22. The van der Waals surface area contributed by atoms with Crippen LogP contribution in [0.3, 0.4) is 0 Å². The van der Waals surface area contributed by atoms with Gasteiger partial charge in [0.15, 0.2) is 0 Å². The molecule has 0 fully saturated rings. The fourth-order valence-corrected chi connectivity index (χ4v) is 2.45. The third-order valence-corrected chi connectivity index (χ3v) is 3.57. The molecule has 84 valence electrons. The number of carbonyl (C=O) groups is 1. The van der Waals surface area contributed by atoms with Crippen LogP contribution in [0.2, 0.25) is 0 Å². The predicted molar refractivity (Wildman–Crippen MR) is 63.7 cm³/mol. The monoisotopic (exact) mass is 300 g/mol. The fourth-order valence-electron chi connectivity index (χ4n) is 1.38. The summed E-state index contributed by atoms with van der Waals surface area (Å²) >= 11 is 4.44. The Bertz CT molecular complexity index is 533. The lowest BCUT2D eigenvalue weighted by atomic mass is 10.2. The molecule has 0 amide bonds. The van der Waals surface area contributed by atoms with Gasteiger partial charge in [0.25, 0.3) is 0 Å². The number of hydrogen-bond donors (Lipinski definition) is 0. The van der Waals surface area contributed by atoms with E-state index >= 15 is 0 Å². The Morgan fingerprint density at radius 3 is 2.94 bits per heavy atom. The van der Waals surface area contributed by atoms with Gasteiger partial charge in [0.2, 0.25) is 5.78 Å². The normalized spacial score (nSPS) is 10.7. The zero-order valence-corrected chi connectivity index (χ0v) is 11.2. The van der Waals surface area contributed by atoms with Crippen molar-refractivity contribution in [1.29, 1.82) is 0 Å². The molecule has 0 bridgehead atoms. The Balaban J connectivity index is 2.49. The number of carbonyl (C=O) groups excluding carboxylic acids is 1. The number of nitrogens with zero attached hydrogens (tertiary/aromatic N) is 4. The summed E-state index contributed by atoms with van der Waals surface area (Å²) in [5, 5.41) is 7.94. The smallest absolute Gasteiger partial charge is 0.225 e. The van der Waals surface area contributed by atoms with Gasteiger partial charge in [-0.15, -0.1) is 5.10 Å². The van der Waals surface area contributed by atoms with Gasteiger partial charge < -0.3 is 0 Å². The minimum Gasteiger partial charge on any atom is -0.286 e. The summed E-state index contributed by atoms with van der Waals surface area (Å²) in [7, 11) is 0. The Hall–Kier alpha value is -1.08. The largest absolute Gasteiger partial charge is 0.286 e. The number of rotatable bonds is 3. The van der Waals surface area contributed by atoms with E-state index in [0.717, 1.165) is 11.5 Å². The standard InChI is InChI=1S/C9H9BrN4OS/c1-3-14-7(6(10)4-11-14)8(15)9-5(2)12-13-16-9/h4H,3H2,1-2H3. The number of aromatic nitrogens is 4. The minimum atomic E-state index is -0.0845. The van der Waals surface area contributed by atoms with Crippen molar-refractivity contribution < 1.29 is 4.79 Å². The molecular weight excluding hydrogens is 292 g/mol. The predicted octanol–water partition coefficient (Wildman–Crippen LogP) is 2.06. The van der Waals surface area contributed by atoms with Gasteiger partial charge in [0, 0.05) is 6.54 Å². The van der Waals surface area contributed by atoms with E-state index in [1.807, 2.05) is 6.92 Å². The van der Waals surface area contributed by atoms with Crippen LogP contribution in [-0.2, 0) is 6.54 Å². The molecule has 0 unspecified atom stereocenters. The Morgan fingerprint density at radius 1 is 1.62 bits per heavy atom. The van der Waals surface area contributed by atoms with Gasteiger partial charge in [-0.1, -0.05) is 4.49 Å². The number of hydrogen-bond acceptors (Lipinski definition) is 5. The summed E-state index contributed by atoms with van der Waals surface area (Å²) in [6.45, 7) is 4.36. The molecule has 7 heteroatoms. The molecule has 16 heavy (non-hydrogen) atoms. The lowest BCUT2D eigenvalue weighted by Gasteiger charge is -2.02. The van der Waals surface area contributed by atoms with Crippen LogP contribution in [-0.4, -0.2) is 25.2 Å². The van der Waals surface area contributed by atoms with E-state index in [-0.39, 0.29) is 5.78 Å². The van der Waals surface area contributed by atoms with E-state index in [1.54, 1.807) is 17.8 Å². The summed E-state index contributed by atoms with van der Waals surface area (Å²) in [5.74, 6) is -0.0845. The molecule has 0 aliphatic carbocycles. The van der Waals surface area contributed by atoms with E-state index in [4.69, 9.17) is 0 Å². The molecular formula is C9H9BrN4OS. The molecule has 0 saturated carbocycles. The molecule has 0 radical (unpaired) electrons. The van der Waals surface area contributed by atoms with E-state index in [2.05, 4.69) is 30.6 Å². The molecule has 2 aromatic rings. The van der Waals surface area contributed by atoms with E-state index < -0.39 is 0 Å². The van der Waals surface area contributed by atoms with Crippen LogP contribution < -0.4 is 0 Å². The highest BCUT2D eigenvalue weighted by molar-refractivity contribution is 9.10. The lowest BCUT2D eigenvalue weighted by molar-refractivity contribution is 0.103. The number of ketones is 1. The van der Waals surface area contributed by atoms with Crippen molar-refractivity contribution in [3.05, 3.63) is 26.9 Å². The van der Waals surface area contributed by atoms with Crippen LogP contribution in [0.1, 0.15) is 28.0 Å². The first kappa shape index (κ1) is 11.4. The average Bonchev–Trinajstić information content (AvgIpc) is 2.83. The summed E-state index contributed by atoms with van der Waals surface area (Å²) < 4.78 is 6.12. The average molecular weight is 301 g/mol. The molecule has 0 aliphatic heterocycles. The molecule has 0 spiro atoms. The molecule has 0 atom stereocenters. The van der Waals surface area contributed by atoms with Gasteiger partial charge in [-0.25, -0.2) is 0 Å². The molecule has 2 heterocycles. The Morgan fingerprint density at radius 2 is 2.38 bits per heavy atom. The summed E-state index contributed by atoms with van der Waals surface area (Å²) in [6, 6.07) is 0. The first-order chi connectivity index (χ1) is 7.65. The summed E-state index contributed by atoms with van der Waals surface area (Å²) in [5.41, 5.74) is 1.21. The topological polar surface area (TPSA) is 60.7 Å². The van der Waals surface area contributed by atoms with Crippen LogP contribution in [0, 0.1) is 6.92 Å². The van der Waals surface area contributed by atoms with Gasteiger partial charge in [-0.05, 0) is 41.3 Å². The highest BCUT2D eigenvalue weighted by atomic mass is 79.9. The van der Waals surface area contributed by atoms with Gasteiger partial charge in [0.05, 0.1) is 16.4 Å². The summed E-state index contributed by atoms with van der Waals surface area (Å²) in [4.78, 5) is 12.8. The number of halogens is 1. The number of aryl methyl sites for hydroxylation is 2. The molecule has 2 aromatic heterocycles. The highest BCUT2D eigenvalue weighted by Crippen LogP contribution is 2.22. The van der Waals surface area contributed by atoms with Crippen LogP contribution >= 0.6 is 27.5 Å². The molecule has 5 nitrogen and oxygen atoms in total. The molecule has 0 saturated heterocycles. The zero-order valence-electron chi connectivity index (χ0n) is 8.77. The van der Waals surface area contributed by atoms with E-state index in [1.165, 1.54) is 0 Å². The van der Waals surface area contributed by atoms with Gasteiger partial charge in [0.1, 0.15) is 10.6 Å². The maximum absolute atomic E-state index is 12.2. The molecule has 0 N–H and O–H groups in total. The fraction of sp³-hybridized carbons (Fsp3) is 0.333. The van der Waals surface area contributed by atoms with Crippen LogP contribution in [0.15, 0.2) is 10.7 Å². The zero-order chi connectivity index (χ0) is 11.7. The van der Waals surface area contributed by atoms with Crippen molar-refractivity contribution in [2.24, 2.45) is 0 Å². The van der Waals surface area contributed by atoms with Crippen molar-refractivity contribution in [3.8, 4) is 0 Å². The van der Waals surface area contributed by atoms with E-state index in [9.17, 15) is 4.79 Å². The second-order valence-electron chi connectivity index (χ2n) is 3.17. The third kappa shape index (κ3) is 1.80. The van der Waals surface area contributed by atoms with Crippen LogP contribution in [0.5, 0.6) is 0 Å². The second-order valence-corrected chi connectivity index (χ2v) is 4.78. The second kappa shape index (κ2) is 4.42. The third-order valence-electron chi connectivity index (χ3n) is 2.17. The Labute approximate surface area is 105 Å². The van der Waals surface area contributed by atoms with Crippen molar-refractivity contribution in [1.82, 2.24) is 19.4 Å².